The second kappa shape index (κ2) is 5.83. The number of hydrogen-bond donors (Lipinski definition) is 1. The highest BCUT2D eigenvalue weighted by atomic mass is 16.5. The Balaban J connectivity index is 1.75. The fraction of sp³-hybridized carbons (Fsp3) is 0.562. The van der Waals surface area contributed by atoms with Crippen LogP contribution < -0.4 is 4.74 Å². The van der Waals surface area contributed by atoms with E-state index in [-0.39, 0.29) is 5.91 Å². The Bertz CT molecular complexity index is 492. The number of carbonyl (C=O) groups excluding carboxylic acids is 1. The molecule has 1 amide bonds. The Morgan fingerprint density at radius 3 is 2.70 bits per heavy atom. The lowest BCUT2D eigenvalue weighted by molar-refractivity contribution is -0.156. The van der Waals surface area contributed by atoms with E-state index in [2.05, 4.69) is 6.07 Å². The summed E-state index contributed by atoms with van der Waals surface area (Å²) in [7, 11) is 0. The summed E-state index contributed by atoms with van der Waals surface area (Å²) in [6.07, 6.45) is 1.04. The number of hydrogen-bond acceptors (Lipinski definition) is 3. The van der Waals surface area contributed by atoms with Crippen molar-refractivity contribution in [2.75, 3.05) is 19.7 Å². The first-order valence-electron chi connectivity index (χ1n) is 7.14. The monoisotopic (exact) mass is 277 g/mol. The van der Waals surface area contributed by atoms with Gasteiger partial charge in [0.2, 0.25) is 5.91 Å². The first-order valence-corrected chi connectivity index (χ1v) is 7.14. The highest BCUT2D eigenvalue weighted by Crippen LogP contribution is 2.24. The lowest BCUT2D eigenvalue weighted by Crippen LogP contribution is -2.63. The number of carbonyl (C=O) groups is 1. The van der Waals surface area contributed by atoms with Gasteiger partial charge in [-0.3, -0.25) is 4.79 Å². The van der Waals surface area contributed by atoms with E-state index >= 15 is 0 Å². The average molecular weight is 277 g/mol. The summed E-state index contributed by atoms with van der Waals surface area (Å²) in [6.45, 7) is 7.26. The van der Waals surface area contributed by atoms with Gasteiger partial charge in [0.25, 0.3) is 0 Å². The molecule has 4 heteroatoms. The van der Waals surface area contributed by atoms with Gasteiger partial charge in [-0.25, -0.2) is 0 Å². The number of likely N-dealkylation sites (tertiary alicyclic amines) is 1. The van der Waals surface area contributed by atoms with E-state index in [9.17, 15) is 9.90 Å². The molecule has 0 aromatic heterocycles. The zero-order chi connectivity index (χ0) is 14.8. The van der Waals surface area contributed by atoms with Crippen LogP contribution in [-0.4, -0.2) is 41.2 Å². The number of aryl methyl sites for hydroxylation is 2. The number of β-amino-alcohol motifs (C(OH)–C–C–N with tert-alkyl or cyclic N) is 1. The van der Waals surface area contributed by atoms with Gasteiger partial charge in [-0.05, 0) is 31.9 Å². The molecular weight excluding hydrogens is 254 g/mol. The molecule has 1 aromatic carbocycles. The lowest BCUT2D eigenvalue weighted by Gasteiger charge is -2.46. The molecule has 1 aromatic rings. The summed E-state index contributed by atoms with van der Waals surface area (Å²) >= 11 is 0. The topological polar surface area (TPSA) is 49.8 Å². The van der Waals surface area contributed by atoms with Gasteiger partial charge in [-0.2, -0.15) is 0 Å². The SMILES string of the molecule is CCC1(O)CN(C(=O)CCOc2ccc(C)cc2C)C1. The van der Waals surface area contributed by atoms with Gasteiger partial charge in [0, 0.05) is 0 Å². The molecule has 1 N–H and O–H groups in total. The molecule has 0 saturated carbocycles. The van der Waals surface area contributed by atoms with Crippen LogP contribution in [0, 0.1) is 13.8 Å². The second-order valence-electron chi connectivity index (χ2n) is 5.70. The molecular formula is C16H23NO3. The van der Waals surface area contributed by atoms with Crippen LogP contribution in [0.3, 0.4) is 0 Å². The minimum atomic E-state index is -0.663. The van der Waals surface area contributed by atoms with E-state index in [0.717, 1.165) is 11.3 Å². The van der Waals surface area contributed by atoms with E-state index in [1.165, 1.54) is 5.56 Å². The molecule has 0 bridgehead atoms. The Morgan fingerprint density at radius 2 is 2.10 bits per heavy atom. The van der Waals surface area contributed by atoms with Crippen LogP contribution >= 0.6 is 0 Å². The van der Waals surface area contributed by atoms with Crippen LogP contribution in [0.1, 0.15) is 30.9 Å². The van der Waals surface area contributed by atoms with E-state index in [4.69, 9.17) is 4.74 Å². The molecule has 1 saturated heterocycles. The number of amides is 1. The van der Waals surface area contributed by atoms with Gasteiger partial charge in [-0.1, -0.05) is 24.6 Å². The Hall–Kier alpha value is -1.55. The predicted molar refractivity (Wildman–Crippen MR) is 77.8 cm³/mol. The molecule has 1 aliphatic heterocycles. The van der Waals surface area contributed by atoms with Crippen LogP contribution in [-0.2, 0) is 4.79 Å². The van der Waals surface area contributed by atoms with E-state index in [0.29, 0.717) is 32.5 Å². The Kier molecular flexibility index (Phi) is 4.33. The summed E-state index contributed by atoms with van der Waals surface area (Å²) in [5.41, 5.74) is 1.62. The summed E-state index contributed by atoms with van der Waals surface area (Å²) in [4.78, 5) is 13.6. The molecule has 4 nitrogen and oxygen atoms in total. The van der Waals surface area contributed by atoms with Crippen molar-refractivity contribution in [1.29, 1.82) is 0 Å². The van der Waals surface area contributed by atoms with Crippen molar-refractivity contribution in [2.45, 2.75) is 39.2 Å². The molecule has 0 spiro atoms. The Morgan fingerprint density at radius 1 is 1.40 bits per heavy atom. The third-order valence-corrected chi connectivity index (χ3v) is 3.89. The number of ether oxygens (including phenoxy) is 1. The summed E-state index contributed by atoms with van der Waals surface area (Å²) < 4.78 is 5.65. The highest BCUT2D eigenvalue weighted by Gasteiger charge is 2.41. The quantitative estimate of drug-likeness (QED) is 0.896. The van der Waals surface area contributed by atoms with Crippen LogP contribution in [0.15, 0.2) is 18.2 Å². The summed E-state index contributed by atoms with van der Waals surface area (Å²) in [5, 5.41) is 9.88. The standard InChI is InChI=1S/C16H23NO3/c1-4-16(19)10-17(11-16)15(18)7-8-20-14-6-5-12(2)9-13(14)3/h5-6,9,19H,4,7-8,10-11H2,1-3H3. The fourth-order valence-corrected chi connectivity index (χ4v) is 2.43. The number of aliphatic hydroxyl groups is 1. The maximum absolute atomic E-state index is 11.9. The van der Waals surface area contributed by atoms with Gasteiger partial charge in [0.15, 0.2) is 0 Å². The molecule has 1 heterocycles. The first kappa shape index (κ1) is 14.9. The van der Waals surface area contributed by atoms with E-state index in [1.807, 2.05) is 32.9 Å². The molecule has 2 rings (SSSR count). The smallest absolute Gasteiger partial charge is 0.226 e. The van der Waals surface area contributed by atoms with E-state index in [1.54, 1.807) is 4.90 Å². The lowest BCUT2D eigenvalue weighted by atomic mass is 9.91. The first-order chi connectivity index (χ1) is 9.43. The van der Waals surface area contributed by atoms with Crippen LogP contribution in [0.5, 0.6) is 5.75 Å². The third-order valence-electron chi connectivity index (χ3n) is 3.89. The normalized spacial score (nSPS) is 16.7. The van der Waals surface area contributed by atoms with Gasteiger partial charge >= 0.3 is 0 Å². The number of rotatable bonds is 5. The predicted octanol–water partition coefficient (Wildman–Crippen LogP) is 2.06. The third kappa shape index (κ3) is 3.31. The maximum atomic E-state index is 11.9. The van der Waals surface area contributed by atoms with Crippen molar-refractivity contribution < 1.29 is 14.6 Å². The number of benzene rings is 1. The van der Waals surface area contributed by atoms with E-state index < -0.39 is 5.60 Å². The summed E-state index contributed by atoms with van der Waals surface area (Å²) in [6, 6.07) is 6.00. The van der Waals surface area contributed by atoms with Crippen LogP contribution in [0.25, 0.3) is 0 Å². The maximum Gasteiger partial charge on any atom is 0.226 e. The molecule has 0 aliphatic carbocycles. The average Bonchev–Trinajstić information content (AvgIpc) is 2.37. The molecule has 110 valence electrons. The molecule has 0 atom stereocenters. The Labute approximate surface area is 120 Å². The van der Waals surface area contributed by atoms with Crippen molar-refractivity contribution >= 4 is 5.91 Å². The molecule has 0 radical (unpaired) electrons. The minimum Gasteiger partial charge on any atom is -0.493 e. The summed E-state index contributed by atoms with van der Waals surface area (Å²) in [5.74, 6) is 0.880. The number of nitrogens with zero attached hydrogens (tertiary/aromatic N) is 1. The minimum absolute atomic E-state index is 0.0490. The van der Waals surface area contributed by atoms with Gasteiger partial charge in [-0.15, -0.1) is 0 Å². The molecule has 20 heavy (non-hydrogen) atoms. The van der Waals surface area contributed by atoms with Crippen molar-refractivity contribution in [2.24, 2.45) is 0 Å². The largest absolute Gasteiger partial charge is 0.493 e. The van der Waals surface area contributed by atoms with Gasteiger partial charge < -0.3 is 14.7 Å². The molecule has 1 aliphatic rings. The molecule has 0 unspecified atom stereocenters. The zero-order valence-corrected chi connectivity index (χ0v) is 12.5. The molecule has 1 fully saturated rings. The highest BCUT2D eigenvalue weighted by molar-refractivity contribution is 5.77. The van der Waals surface area contributed by atoms with Gasteiger partial charge in [0.05, 0.1) is 31.7 Å². The zero-order valence-electron chi connectivity index (χ0n) is 12.5. The fourth-order valence-electron chi connectivity index (χ4n) is 2.43. The van der Waals surface area contributed by atoms with Crippen LogP contribution in [0.2, 0.25) is 0 Å². The van der Waals surface area contributed by atoms with Crippen molar-refractivity contribution in [3.63, 3.8) is 0 Å². The van der Waals surface area contributed by atoms with Gasteiger partial charge in [0.1, 0.15) is 5.75 Å². The van der Waals surface area contributed by atoms with Crippen molar-refractivity contribution in [3.8, 4) is 5.75 Å². The van der Waals surface area contributed by atoms with Crippen LogP contribution in [0.4, 0.5) is 0 Å². The second-order valence-corrected chi connectivity index (χ2v) is 5.70. The van der Waals surface area contributed by atoms with Crippen molar-refractivity contribution in [1.82, 2.24) is 4.90 Å². The van der Waals surface area contributed by atoms with Crippen molar-refractivity contribution in [3.05, 3.63) is 29.3 Å².